The summed E-state index contributed by atoms with van der Waals surface area (Å²) >= 11 is 0. The first-order valence-electron chi connectivity index (χ1n) is 7.37. The summed E-state index contributed by atoms with van der Waals surface area (Å²) in [6.45, 7) is 4.19. The van der Waals surface area contributed by atoms with E-state index in [1.165, 1.54) is 11.1 Å². The van der Waals surface area contributed by atoms with Gasteiger partial charge in [0.2, 0.25) is 5.91 Å². The summed E-state index contributed by atoms with van der Waals surface area (Å²) in [5, 5.41) is 6.35. The van der Waals surface area contributed by atoms with Gasteiger partial charge in [-0.15, -0.1) is 0 Å². The van der Waals surface area contributed by atoms with Gasteiger partial charge in [0, 0.05) is 23.0 Å². The number of benzene rings is 2. The highest BCUT2D eigenvalue weighted by molar-refractivity contribution is 5.94. The maximum atomic E-state index is 11.7. The van der Waals surface area contributed by atoms with Crippen LogP contribution in [0.5, 0.6) is 0 Å². The van der Waals surface area contributed by atoms with Crippen LogP contribution in [-0.2, 0) is 4.79 Å². The second kappa shape index (κ2) is 5.60. The van der Waals surface area contributed by atoms with Crippen LogP contribution in [0.3, 0.4) is 0 Å². The van der Waals surface area contributed by atoms with E-state index in [9.17, 15) is 4.79 Å². The molecule has 21 heavy (non-hydrogen) atoms. The molecule has 0 radical (unpaired) electrons. The van der Waals surface area contributed by atoms with Gasteiger partial charge in [-0.25, -0.2) is 0 Å². The number of nitrogens with one attached hydrogen (secondary N) is 2. The molecule has 3 nitrogen and oxygen atoms in total. The Morgan fingerprint density at radius 2 is 1.67 bits per heavy atom. The Kier molecular flexibility index (Phi) is 3.65. The van der Waals surface area contributed by atoms with Crippen molar-refractivity contribution < 1.29 is 4.79 Å². The molecule has 1 fully saturated rings. The largest absolute Gasteiger partial charge is 0.355 e. The molecule has 3 rings (SSSR count). The van der Waals surface area contributed by atoms with Gasteiger partial charge >= 0.3 is 0 Å². The molecule has 0 aromatic heterocycles. The summed E-state index contributed by atoms with van der Waals surface area (Å²) in [5.41, 5.74) is 5.47. The summed E-state index contributed by atoms with van der Waals surface area (Å²) in [6.07, 6.45) is 2.05. The molecule has 0 atom stereocenters. The minimum atomic E-state index is 0.144. The van der Waals surface area contributed by atoms with Gasteiger partial charge in [0.1, 0.15) is 0 Å². The Morgan fingerprint density at radius 3 is 2.29 bits per heavy atom. The zero-order valence-electron chi connectivity index (χ0n) is 12.4. The number of carbonyl (C=O) groups is 1. The topological polar surface area (TPSA) is 41.1 Å². The molecule has 2 aromatic carbocycles. The molecule has 1 amide bonds. The highest BCUT2D eigenvalue weighted by Gasteiger charge is 2.29. The SMILES string of the molecule is Cc1ccc(Nc2ccc(NC(=O)C3CC3)cc2)c(C)c1. The lowest BCUT2D eigenvalue weighted by Crippen LogP contribution is -2.13. The Morgan fingerprint density at radius 1 is 1.00 bits per heavy atom. The number of hydrogen-bond acceptors (Lipinski definition) is 2. The molecule has 1 aliphatic carbocycles. The predicted molar refractivity (Wildman–Crippen MR) is 87.0 cm³/mol. The lowest BCUT2D eigenvalue weighted by atomic mass is 10.1. The van der Waals surface area contributed by atoms with Crippen LogP contribution in [0.25, 0.3) is 0 Å². The van der Waals surface area contributed by atoms with E-state index in [4.69, 9.17) is 0 Å². The average Bonchev–Trinajstić information content (AvgIpc) is 3.28. The standard InChI is InChI=1S/C18H20N2O/c1-12-3-10-17(13(2)11-12)19-15-6-8-16(9-7-15)20-18(21)14-4-5-14/h3,6-11,14,19H,4-5H2,1-2H3,(H,20,21). The third-order valence-electron chi connectivity index (χ3n) is 3.76. The Bertz CT molecular complexity index is 657. The van der Waals surface area contributed by atoms with E-state index in [1.807, 2.05) is 24.3 Å². The predicted octanol–water partition coefficient (Wildman–Crippen LogP) is 4.40. The van der Waals surface area contributed by atoms with E-state index < -0.39 is 0 Å². The Labute approximate surface area is 125 Å². The fourth-order valence-electron chi connectivity index (χ4n) is 2.34. The minimum absolute atomic E-state index is 0.144. The number of hydrogen-bond donors (Lipinski definition) is 2. The van der Waals surface area contributed by atoms with Crippen LogP contribution in [0.4, 0.5) is 17.1 Å². The second-order valence-corrected chi connectivity index (χ2v) is 5.78. The summed E-state index contributed by atoms with van der Waals surface area (Å²) in [6, 6.07) is 14.2. The molecule has 2 N–H and O–H groups in total. The van der Waals surface area contributed by atoms with Crippen LogP contribution in [0.2, 0.25) is 0 Å². The molecule has 2 aromatic rings. The van der Waals surface area contributed by atoms with E-state index in [1.54, 1.807) is 0 Å². The number of anilines is 3. The molecule has 0 spiro atoms. The average molecular weight is 280 g/mol. The van der Waals surface area contributed by atoms with Gasteiger partial charge in [0.05, 0.1) is 0 Å². The van der Waals surface area contributed by atoms with Gasteiger partial charge in [0.25, 0.3) is 0 Å². The molecule has 3 heteroatoms. The van der Waals surface area contributed by atoms with E-state index >= 15 is 0 Å². The zero-order valence-corrected chi connectivity index (χ0v) is 12.4. The lowest BCUT2D eigenvalue weighted by Gasteiger charge is -2.11. The normalized spacial score (nSPS) is 13.8. The first-order valence-corrected chi connectivity index (χ1v) is 7.37. The summed E-state index contributed by atoms with van der Waals surface area (Å²) < 4.78 is 0. The third-order valence-corrected chi connectivity index (χ3v) is 3.76. The van der Waals surface area contributed by atoms with Gasteiger partial charge in [0.15, 0.2) is 0 Å². The van der Waals surface area contributed by atoms with Crippen molar-refractivity contribution in [1.82, 2.24) is 0 Å². The summed E-state index contributed by atoms with van der Waals surface area (Å²) in [7, 11) is 0. The molecule has 0 unspecified atom stereocenters. The van der Waals surface area contributed by atoms with Crippen LogP contribution in [0, 0.1) is 19.8 Å². The van der Waals surface area contributed by atoms with Gasteiger partial charge in [-0.1, -0.05) is 17.7 Å². The van der Waals surface area contributed by atoms with Crippen molar-refractivity contribution in [1.29, 1.82) is 0 Å². The molecule has 1 saturated carbocycles. The first-order chi connectivity index (χ1) is 10.1. The van der Waals surface area contributed by atoms with Crippen molar-refractivity contribution in [3.8, 4) is 0 Å². The summed E-state index contributed by atoms with van der Waals surface area (Å²) in [5.74, 6) is 0.378. The van der Waals surface area contributed by atoms with Gasteiger partial charge in [-0.05, 0) is 62.6 Å². The third kappa shape index (κ3) is 3.43. The summed E-state index contributed by atoms with van der Waals surface area (Å²) in [4.78, 5) is 11.7. The fraction of sp³-hybridized carbons (Fsp3) is 0.278. The molecular formula is C18H20N2O. The second-order valence-electron chi connectivity index (χ2n) is 5.78. The number of carbonyl (C=O) groups excluding carboxylic acids is 1. The van der Waals surface area contributed by atoms with Crippen molar-refractivity contribution in [2.75, 3.05) is 10.6 Å². The van der Waals surface area contributed by atoms with Crippen LogP contribution in [-0.4, -0.2) is 5.91 Å². The van der Waals surface area contributed by atoms with Crippen molar-refractivity contribution in [3.63, 3.8) is 0 Å². The van der Waals surface area contributed by atoms with Crippen LogP contribution < -0.4 is 10.6 Å². The molecule has 0 saturated heterocycles. The fourth-order valence-corrected chi connectivity index (χ4v) is 2.34. The minimum Gasteiger partial charge on any atom is -0.355 e. The quantitative estimate of drug-likeness (QED) is 0.871. The van der Waals surface area contributed by atoms with Crippen molar-refractivity contribution in [3.05, 3.63) is 53.6 Å². The molecule has 0 heterocycles. The lowest BCUT2D eigenvalue weighted by molar-refractivity contribution is -0.117. The van der Waals surface area contributed by atoms with Crippen LogP contribution in [0.1, 0.15) is 24.0 Å². The van der Waals surface area contributed by atoms with Crippen molar-refractivity contribution in [2.24, 2.45) is 5.92 Å². The Hall–Kier alpha value is -2.29. The highest BCUT2D eigenvalue weighted by Crippen LogP contribution is 2.30. The number of rotatable bonds is 4. The first kappa shape index (κ1) is 13.7. The number of amides is 1. The molecular weight excluding hydrogens is 260 g/mol. The van der Waals surface area contributed by atoms with Crippen molar-refractivity contribution in [2.45, 2.75) is 26.7 Å². The van der Waals surface area contributed by atoms with Gasteiger partial charge in [-0.2, -0.15) is 0 Å². The monoisotopic (exact) mass is 280 g/mol. The Balaban J connectivity index is 1.67. The molecule has 0 aliphatic heterocycles. The number of aryl methyl sites for hydroxylation is 2. The van der Waals surface area contributed by atoms with E-state index in [0.717, 1.165) is 29.9 Å². The van der Waals surface area contributed by atoms with Crippen LogP contribution >= 0.6 is 0 Å². The van der Waals surface area contributed by atoms with Crippen molar-refractivity contribution >= 4 is 23.0 Å². The van der Waals surface area contributed by atoms with E-state index in [-0.39, 0.29) is 11.8 Å². The molecule has 0 bridgehead atoms. The smallest absolute Gasteiger partial charge is 0.227 e. The van der Waals surface area contributed by atoms with Gasteiger partial charge in [-0.3, -0.25) is 4.79 Å². The van der Waals surface area contributed by atoms with E-state index in [2.05, 4.69) is 42.7 Å². The van der Waals surface area contributed by atoms with E-state index in [0.29, 0.717) is 0 Å². The van der Waals surface area contributed by atoms with Gasteiger partial charge < -0.3 is 10.6 Å². The highest BCUT2D eigenvalue weighted by atomic mass is 16.2. The van der Waals surface area contributed by atoms with Crippen LogP contribution in [0.15, 0.2) is 42.5 Å². The zero-order chi connectivity index (χ0) is 14.8. The maximum Gasteiger partial charge on any atom is 0.227 e. The molecule has 1 aliphatic rings. The maximum absolute atomic E-state index is 11.7. The molecule has 108 valence electrons.